The summed E-state index contributed by atoms with van der Waals surface area (Å²) in [6.45, 7) is 0.656. The Morgan fingerprint density at radius 3 is 2.37 bits per heavy atom. The Kier molecular flexibility index (Phi) is 5.46. The number of fused-ring (bicyclic) bond motifs is 1. The maximum Gasteiger partial charge on any atom is 0.282 e. The van der Waals surface area contributed by atoms with E-state index in [0.29, 0.717) is 18.7 Å². The molecule has 0 aliphatic heterocycles. The van der Waals surface area contributed by atoms with Gasteiger partial charge in [0.25, 0.3) is 17.5 Å². The van der Waals surface area contributed by atoms with E-state index in [2.05, 4.69) is 15.6 Å². The number of hydrogen-bond donors (Lipinski definition) is 3. The van der Waals surface area contributed by atoms with E-state index in [-0.39, 0.29) is 23.7 Å². The van der Waals surface area contributed by atoms with Gasteiger partial charge in [-0.25, -0.2) is 0 Å². The zero-order valence-corrected chi connectivity index (χ0v) is 14.4. The van der Waals surface area contributed by atoms with Gasteiger partial charge in [0.2, 0.25) is 0 Å². The fourth-order valence-electron chi connectivity index (χ4n) is 2.70. The number of aromatic nitrogens is 1. The number of H-pyrrole nitrogens is 1. The Hall–Kier alpha value is -3.68. The van der Waals surface area contributed by atoms with Gasteiger partial charge in [0, 0.05) is 30.1 Å². The topological polar surface area (TPSA) is 117 Å². The van der Waals surface area contributed by atoms with Crippen molar-refractivity contribution in [3.8, 4) is 0 Å². The predicted octanol–water partition coefficient (Wildman–Crippen LogP) is 2.63. The first-order chi connectivity index (χ1) is 13.1. The number of carbonyl (C=O) groups excluding carboxylic acids is 2. The highest BCUT2D eigenvalue weighted by Gasteiger charge is 2.18. The normalized spacial score (nSPS) is 10.5. The molecule has 2 amide bonds. The van der Waals surface area contributed by atoms with Gasteiger partial charge in [-0.05, 0) is 24.6 Å². The number of carbonyl (C=O) groups is 2. The molecule has 0 radical (unpaired) electrons. The molecular formula is C19H18N4O4. The molecule has 0 aliphatic rings. The zero-order valence-electron chi connectivity index (χ0n) is 14.4. The molecule has 1 heterocycles. The van der Waals surface area contributed by atoms with Crippen LogP contribution in [0.2, 0.25) is 0 Å². The molecule has 8 heteroatoms. The van der Waals surface area contributed by atoms with Crippen molar-refractivity contribution in [3.63, 3.8) is 0 Å². The van der Waals surface area contributed by atoms with Crippen LogP contribution < -0.4 is 10.6 Å². The molecule has 2 aromatic carbocycles. The van der Waals surface area contributed by atoms with E-state index in [4.69, 9.17) is 0 Å². The Labute approximate surface area is 154 Å². The molecule has 3 N–H and O–H groups in total. The fraction of sp³-hybridized carbons (Fsp3) is 0.158. The minimum atomic E-state index is -0.588. The smallest absolute Gasteiger partial charge is 0.282 e. The highest BCUT2D eigenvalue weighted by atomic mass is 16.6. The van der Waals surface area contributed by atoms with E-state index in [1.807, 2.05) is 24.3 Å². The number of amides is 2. The number of hydrogen-bond acceptors (Lipinski definition) is 4. The van der Waals surface area contributed by atoms with Crippen LogP contribution in [-0.4, -0.2) is 34.8 Å². The van der Waals surface area contributed by atoms with Crippen molar-refractivity contribution in [1.29, 1.82) is 0 Å². The van der Waals surface area contributed by atoms with Gasteiger partial charge < -0.3 is 15.6 Å². The number of rotatable bonds is 7. The quantitative estimate of drug-likeness (QED) is 0.338. The number of benzene rings is 2. The summed E-state index contributed by atoms with van der Waals surface area (Å²) in [6.07, 6.45) is 0.498. The largest absolute Gasteiger partial charge is 0.352 e. The van der Waals surface area contributed by atoms with E-state index in [1.165, 1.54) is 18.2 Å². The molecule has 0 fully saturated rings. The molecular weight excluding hydrogens is 348 g/mol. The van der Waals surface area contributed by atoms with Gasteiger partial charge >= 0.3 is 0 Å². The van der Waals surface area contributed by atoms with Gasteiger partial charge in [-0.3, -0.25) is 19.7 Å². The van der Waals surface area contributed by atoms with Crippen LogP contribution >= 0.6 is 0 Å². The lowest BCUT2D eigenvalue weighted by atomic mass is 10.1. The van der Waals surface area contributed by atoms with E-state index in [9.17, 15) is 19.7 Å². The molecule has 3 aromatic rings. The SMILES string of the molecule is O=C(NCCCNC(=O)c1ccccc1[N+](=O)[O-])c1cc2ccccc2[nH]1. The molecule has 8 nitrogen and oxygen atoms in total. The summed E-state index contributed by atoms with van der Waals surface area (Å²) >= 11 is 0. The van der Waals surface area contributed by atoms with Crippen molar-refractivity contribution in [2.75, 3.05) is 13.1 Å². The lowest BCUT2D eigenvalue weighted by Gasteiger charge is -2.06. The Balaban J connectivity index is 1.46. The summed E-state index contributed by atoms with van der Waals surface area (Å²) in [7, 11) is 0. The lowest BCUT2D eigenvalue weighted by Crippen LogP contribution is -2.30. The van der Waals surface area contributed by atoms with Gasteiger partial charge in [-0.15, -0.1) is 0 Å². The van der Waals surface area contributed by atoms with Crippen molar-refractivity contribution >= 4 is 28.4 Å². The van der Waals surface area contributed by atoms with Crippen LogP contribution in [0.25, 0.3) is 10.9 Å². The third-order valence-electron chi connectivity index (χ3n) is 4.04. The second-order valence-corrected chi connectivity index (χ2v) is 5.91. The first-order valence-electron chi connectivity index (χ1n) is 8.44. The van der Waals surface area contributed by atoms with Gasteiger partial charge in [-0.2, -0.15) is 0 Å². The Bertz CT molecular complexity index is 963. The number of nitro groups is 1. The number of nitrogens with zero attached hydrogens (tertiary/aromatic N) is 1. The molecule has 0 saturated carbocycles. The van der Waals surface area contributed by atoms with E-state index >= 15 is 0 Å². The van der Waals surface area contributed by atoms with Gasteiger partial charge in [0.15, 0.2) is 0 Å². The van der Waals surface area contributed by atoms with Crippen molar-refractivity contribution in [1.82, 2.24) is 15.6 Å². The molecule has 0 spiro atoms. The predicted molar refractivity (Wildman–Crippen MR) is 101 cm³/mol. The average molecular weight is 366 g/mol. The van der Waals surface area contributed by atoms with Crippen LogP contribution in [0.4, 0.5) is 5.69 Å². The van der Waals surface area contributed by atoms with Gasteiger partial charge in [0.1, 0.15) is 11.3 Å². The maximum absolute atomic E-state index is 12.1. The van der Waals surface area contributed by atoms with Crippen LogP contribution in [0.3, 0.4) is 0 Å². The summed E-state index contributed by atoms with van der Waals surface area (Å²) in [5.74, 6) is -0.736. The molecule has 0 saturated heterocycles. The highest BCUT2D eigenvalue weighted by Crippen LogP contribution is 2.17. The highest BCUT2D eigenvalue weighted by molar-refractivity contribution is 5.98. The summed E-state index contributed by atoms with van der Waals surface area (Å²) in [6, 6.07) is 15.2. The van der Waals surface area contributed by atoms with Crippen LogP contribution in [0.5, 0.6) is 0 Å². The van der Waals surface area contributed by atoms with E-state index in [0.717, 1.165) is 10.9 Å². The second kappa shape index (κ2) is 8.13. The summed E-state index contributed by atoms with van der Waals surface area (Å²) in [5, 5.41) is 17.3. The third kappa shape index (κ3) is 4.30. The molecule has 27 heavy (non-hydrogen) atoms. The monoisotopic (exact) mass is 366 g/mol. The van der Waals surface area contributed by atoms with Crippen molar-refractivity contribution in [2.24, 2.45) is 0 Å². The molecule has 138 valence electrons. The minimum absolute atomic E-state index is 0.0182. The van der Waals surface area contributed by atoms with Crippen molar-refractivity contribution < 1.29 is 14.5 Å². The summed E-state index contributed by atoms with van der Waals surface area (Å²) in [5.41, 5.74) is 1.14. The van der Waals surface area contributed by atoms with E-state index in [1.54, 1.807) is 12.1 Å². The number of nitro benzene ring substituents is 1. The fourth-order valence-corrected chi connectivity index (χ4v) is 2.70. The lowest BCUT2D eigenvalue weighted by molar-refractivity contribution is -0.385. The van der Waals surface area contributed by atoms with Crippen LogP contribution in [-0.2, 0) is 0 Å². The van der Waals surface area contributed by atoms with Crippen molar-refractivity contribution in [3.05, 3.63) is 76.0 Å². The van der Waals surface area contributed by atoms with Gasteiger partial charge in [0.05, 0.1) is 4.92 Å². The molecule has 0 bridgehead atoms. The second-order valence-electron chi connectivity index (χ2n) is 5.91. The molecule has 0 atom stereocenters. The van der Waals surface area contributed by atoms with Gasteiger partial charge in [-0.1, -0.05) is 30.3 Å². The summed E-state index contributed by atoms with van der Waals surface area (Å²) in [4.78, 5) is 37.6. The molecule has 0 unspecified atom stereocenters. The zero-order chi connectivity index (χ0) is 19.2. The van der Waals surface area contributed by atoms with Crippen LogP contribution in [0, 0.1) is 10.1 Å². The number of aromatic amines is 1. The van der Waals surface area contributed by atoms with E-state index < -0.39 is 10.8 Å². The van der Waals surface area contributed by atoms with Crippen LogP contribution in [0.15, 0.2) is 54.6 Å². The average Bonchev–Trinajstić information content (AvgIpc) is 3.11. The molecule has 1 aromatic heterocycles. The third-order valence-corrected chi connectivity index (χ3v) is 4.04. The first kappa shape index (κ1) is 18.1. The number of para-hydroxylation sites is 2. The first-order valence-corrected chi connectivity index (χ1v) is 8.44. The molecule has 0 aliphatic carbocycles. The Morgan fingerprint density at radius 2 is 1.63 bits per heavy atom. The minimum Gasteiger partial charge on any atom is -0.352 e. The van der Waals surface area contributed by atoms with Crippen molar-refractivity contribution in [2.45, 2.75) is 6.42 Å². The maximum atomic E-state index is 12.1. The molecule has 3 rings (SSSR count). The standard InChI is InChI=1S/C19H18N4O4/c24-18(14-7-2-4-9-17(14)23(26)27)20-10-5-11-21-19(25)16-12-13-6-1-3-8-15(13)22-16/h1-4,6-9,12,22H,5,10-11H2,(H,20,24)(H,21,25). The van der Waals surface area contributed by atoms with Crippen LogP contribution in [0.1, 0.15) is 27.3 Å². The number of nitrogens with one attached hydrogen (secondary N) is 3. The summed E-state index contributed by atoms with van der Waals surface area (Å²) < 4.78 is 0. The Morgan fingerprint density at radius 1 is 0.963 bits per heavy atom.